The molecule has 1 heterocycles. The zero-order chi connectivity index (χ0) is 14.5. The number of likely N-dealkylation sites (N-methyl/N-ethyl adjacent to an activating group) is 1. The van der Waals surface area contributed by atoms with Gasteiger partial charge in [0.15, 0.2) is 0 Å². The smallest absolute Gasteiger partial charge is 0.102 e. The molecule has 2 N–H and O–H groups in total. The lowest BCUT2D eigenvalue weighted by molar-refractivity contribution is 0.0893. The predicted molar refractivity (Wildman–Crippen MR) is 78.9 cm³/mol. The molecular formula is C14H29N5. The summed E-state index contributed by atoms with van der Waals surface area (Å²) in [7, 11) is 4.23. The summed E-state index contributed by atoms with van der Waals surface area (Å²) in [5, 5.41) is 9.00. The largest absolute Gasteiger partial charge is 0.314 e. The van der Waals surface area contributed by atoms with E-state index in [4.69, 9.17) is 11.0 Å². The molecule has 0 amide bonds. The number of hydrogen-bond donors (Lipinski definition) is 1. The monoisotopic (exact) mass is 267 g/mol. The topological polar surface area (TPSA) is 59.5 Å². The highest BCUT2D eigenvalue weighted by Gasteiger charge is 2.27. The molecule has 19 heavy (non-hydrogen) atoms. The lowest BCUT2D eigenvalue weighted by atomic mass is 9.95. The van der Waals surface area contributed by atoms with Crippen molar-refractivity contribution in [2.24, 2.45) is 5.73 Å². The molecule has 0 radical (unpaired) electrons. The fraction of sp³-hybridized carbons (Fsp3) is 0.929. The Balaban J connectivity index is 2.31. The van der Waals surface area contributed by atoms with E-state index in [0.29, 0.717) is 6.04 Å². The van der Waals surface area contributed by atoms with Gasteiger partial charge >= 0.3 is 0 Å². The molecule has 1 aliphatic rings. The van der Waals surface area contributed by atoms with Crippen LogP contribution in [0.3, 0.4) is 0 Å². The van der Waals surface area contributed by atoms with Crippen LogP contribution < -0.4 is 5.73 Å². The Morgan fingerprint density at radius 2 is 1.89 bits per heavy atom. The molecule has 1 rings (SSSR count). The van der Waals surface area contributed by atoms with Crippen molar-refractivity contribution in [2.45, 2.75) is 31.8 Å². The molecule has 1 saturated heterocycles. The summed E-state index contributed by atoms with van der Waals surface area (Å²) in [4.78, 5) is 7.19. The van der Waals surface area contributed by atoms with Crippen LogP contribution in [0, 0.1) is 11.3 Å². The molecule has 0 aromatic heterocycles. The Kier molecular flexibility index (Phi) is 6.21. The van der Waals surface area contributed by atoms with Gasteiger partial charge in [0.05, 0.1) is 6.07 Å². The maximum atomic E-state index is 9.00. The summed E-state index contributed by atoms with van der Waals surface area (Å²) in [5.74, 6) is 0. The Morgan fingerprint density at radius 1 is 1.32 bits per heavy atom. The minimum absolute atomic E-state index is 0.380. The molecule has 0 bridgehead atoms. The maximum absolute atomic E-state index is 9.00. The number of rotatable bonds is 6. The average Bonchev–Trinajstić information content (AvgIpc) is 2.36. The van der Waals surface area contributed by atoms with Crippen LogP contribution in [0.5, 0.6) is 0 Å². The third-order valence-electron chi connectivity index (χ3n) is 3.87. The van der Waals surface area contributed by atoms with Gasteiger partial charge in [-0.05, 0) is 34.4 Å². The van der Waals surface area contributed by atoms with Gasteiger partial charge in [0.2, 0.25) is 0 Å². The van der Waals surface area contributed by atoms with Crippen LogP contribution in [0.25, 0.3) is 0 Å². The van der Waals surface area contributed by atoms with Crippen LogP contribution >= 0.6 is 0 Å². The molecule has 0 spiro atoms. The summed E-state index contributed by atoms with van der Waals surface area (Å²) < 4.78 is 0. The van der Waals surface area contributed by atoms with Gasteiger partial charge in [0, 0.05) is 45.3 Å². The molecule has 0 aromatic rings. The van der Waals surface area contributed by atoms with Gasteiger partial charge in [0.1, 0.15) is 5.54 Å². The lowest BCUT2D eigenvalue weighted by Gasteiger charge is -2.39. The molecule has 2 unspecified atom stereocenters. The second-order valence-corrected chi connectivity index (χ2v) is 6.26. The van der Waals surface area contributed by atoms with Crippen molar-refractivity contribution in [3.8, 4) is 6.07 Å². The molecule has 110 valence electrons. The first-order valence-corrected chi connectivity index (χ1v) is 7.15. The van der Waals surface area contributed by atoms with E-state index in [1.54, 1.807) is 0 Å². The SMILES string of the molecule is CC(CC(C)(N)C#N)N1CCN(CCN(C)C)CC1. The van der Waals surface area contributed by atoms with E-state index >= 15 is 0 Å². The highest BCUT2D eigenvalue weighted by Crippen LogP contribution is 2.15. The molecule has 1 aliphatic heterocycles. The number of nitrogens with two attached hydrogens (primary N) is 1. The third kappa shape index (κ3) is 5.87. The summed E-state index contributed by atoms with van der Waals surface area (Å²) in [6.07, 6.45) is 0.737. The second-order valence-electron chi connectivity index (χ2n) is 6.26. The van der Waals surface area contributed by atoms with E-state index in [-0.39, 0.29) is 0 Å². The Bertz CT molecular complexity index is 299. The Labute approximate surface area is 117 Å². The van der Waals surface area contributed by atoms with Gasteiger partial charge in [-0.3, -0.25) is 9.80 Å². The van der Waals surface area contributed by atoms with E-state index in [0.717, 1.165) is 45.7 Å². The standard InChI is InChI=1S/C14H29N5/c1-13(11-14(2,16)12-15)19-9-7-18(8-10-19)6-5-17(3)4/h13H,5-11,16H2,1-4H3. The van der Waals surface area contributed by atoms with Crippen LogP contribution in [0.2, 0.25) is 0 Å². The summed E-state index contributed by atoms with van der Waals surface area (Å²) in [5.41, 5.74) is 5.22. The van der Waals surface area contributed by atoms with Gasteiger partial charge in [-0.1, -0.05) is 0 Å². The highest BCUT2D eigenvalue weighted by molar-refractivity contribution is 5.03. The summed E-state index contributed by atoms with van der Waals surface area (Å²) in [6, 6.07) is 2.57. The van der Waals surface area contributed by atoms with Crippen LogP contribution in [0.4, 0.5) is 0 Å². The second kappa shape index (κ2) is 7.20. The van der Waals surface area contributed by atoms with Crippen molar-refractivity contribution in [3.63, 3.8) is 0 Å². The van der Waals surface area contributed by atoms with Gasteiger partial charge in [-0.15, -0.1) is 0 Å². The zero-order valence-corrected chi connectivity index (χ0v) is 12.9. The first-order chi connectivity index (χ1) is 8.84. The number of hydrogen-bond acceptors (Lipinski definition) is 5. The molecule has 0 saturated carbocycles. The number of nitrogens with zero attached hydrogens (tertiary/aromatic N) is 4. The fourth-order valence-electron chi connectivity index (χ4n) is 2.56. The fourth-order valence-corrected chi connectivity index (χ4v) is 2.56. The third-order valence-corrected chi connectivity index (χ3v) is 3.87. The normalized spacial score (nSPS) is 23.0. The van der Waals surface area contributed by atoms with Crippen LogP contribution in [0.15, 0.2) is 0 Å². The van der Waals surface area contributed by atoms with Crippen molar-refractivity contribution in [1.82, 2.24) is 14.7 Å². The van der Waals surface area contributed by atoms with E-state index in [2.05, 4.69) is 41.8 Å². The Morgan fingerprint density at radius 3 is 2.37 bits per heavy atom. The Hall–Kier alpha value is -0.670. The van der Waals surface area contributed by atoms with Gasteiger partial charge in [0.25, 0.3) is 0 Å². The van der Waals surface area contributed by atoms with Crippen molar-refractivity contribution < 1.29 is 0 Å². The lowest BCUT2D eigenvalue weighted by Crippen LogP contribution is -2.52. The number of nitriles is 1. The van der Waals surface area contributed by atoms with Crippen molar-refractivity contribution >= 4 is 0 Å². The van der Waals surface area contributed by atoms with Crippen molar-refractivity contribution in [3.05, 3.63) is 0 Å². The first kappa shape index (κ1) is 16.4. The molecule has 5 heteroatoms. The first-order valence-electron chi connectivity index (χ1n) is 7.15. The molecule has 1 fully saturated rings. The van der Waals surface area contributed by atoms with E-state index in [1.807, 2.05) is 6.92 Å². The number of piperazine rings is 1. The summed E-state index contributed by atoms with van der Waals surface area (Å²) >= 11 is 0. The van der Waals surface area contributed by atoms with Gasteiger partial charge < -0.3 is 10.6 Å². The molecular weight excluding hydrogens is 238 g/mol. The summed E-state index contributed by atoms with van der Waals surface area (Å²) in [6.45, 7) is 10.6. The molecule has 0 aliphatic carbocycles. The minimum atomic E-state index is -0.707. The average molecular weight is 267 g/mol. The van der Waals surface area contributed by atoms with Crippen LogP contribution in [0.1, 0.15) is 20.3 Å². The molecule has 0 aromatic carbocycles. The molecule has 2 atom stereocenters. The van der Waals surface area contributed by atoms with E-state index < -0.39 is 5.54 Å². The van der Waals surface area contributed by atoms with E-state index in [1.165, 1.54) is 0 Å². The van der Waals surface area contributed by atoms with Gasteiger partial charge in [-0.25, -0.2) is 0 Å². The minimum Gasteiger partial charge on any atom is -0.314 e. The van der Waals surface area contributed by atoms with Gasteiger partial charge in [-0.2, -0.15) is 5.26 Å². The van der Waals surface area contributed by atoms with Crippen molar-refractivity contribution in [1.29, 1.82) is 5.26 Å². The maximum Gasteiger partial charge on any atom is 0.102 e. The van der Waals surface area contributed by atoms with Crippen LogP contribution in [-0.4, -0.2) is 79.6 Å². The van der Waals surface area contributed by atoms with Crippen LogP contribution in [-0.2, 0) is 0 Å². The quantitative estimate of drug-likeness (QED) is 0.744. The molecule has 5 nitrogen and oxygen atoms in total. The highest BCUT2D eigenvalue weighted by atomic mass is 15.3. The van der Waals surface area contributed by atoms with Crippen molar-refractivity contribution in [2.75, 3.05) is 53.4 Å². The predicted octanol–water partition coefficient (Wildman–Crippen LogP) is 0.185. The van der Waals surface area contributed by atoms with E-state index in [9.17, 15) is 0 Å². The zero-order valence-electron chi connectivity index (χ0n) is 12.9.